The molecule has 2 aromatic carbocycles. The fraction of sp³-hybridized carbons (Fsp3) is 0.300. The van der Waals surface area contributed by atoms with Gasteiger partial charge in [-0.1, -0.05) is 12.1 Å². The van der Waals surface area contributed by atoms with Crippen LogP contribution in [0.4, 0.5) is 0 Å². The van der Waals surface area contributed by atoms with Gasteiger partial charge in [-0.05, 0) is 29.8 Å². The van der Waals surface area contributed by atoms with E-state index < -0.39 is 0 Å². The van der Waals surface area contributed by atoms with E-state index in [1.807, 2.05) is 35.2 Å². The maximum Gasteiger partial charge on any atom is 0.337 e. The van der Waals surface area contributed by atoms with Crippen molar-refractivity contribution in [3.8, 4) is 11.5 Å². The Morgan fingerprint density at radius 1 is 1.11 bits per heavy atom. The molecule has 142 valence electrons. The molecule has 6 nitrogen and oxygen atoms in total. The molecular formula is C20H21NO5S. The third-order valence-electron chi connectivity index (χ3n) is 4.42. The molecule has 27 heavy (non-hydrogen) atoms. The maximum absolute atomic E-state index is 12.5. The van der Waals surface area contributed by atoms with Crippen LogP contribution < -0.4 is 9.47 Å². The first-order valence-corrected chi connectivity index (χ1v) is 9.42. The Hall–Kier alpha value is -2.67. The highest BCUT2D eigenvalue weighted by molar-refractivity contribution is 8.00. The highest BCUT2D eigenvalue weighted by Gasteiger charge is 2.33. The molecule has 1 heterocycles. The van der Waals surface area contributed by atoms with E-state index in [1.54, 1.807) is 38.1 Å². The van der Waals surface area contributed by atoms with Crippen molar-refractivity contribution in [3.05, 3.63) is 59.2 Å². The van der Waals surface area contributed by atoms with Gasteiger partial charge >= 0.3 is 5.97 Å². The minimum atomic E-state index is -0.378. The molecule has 2 aromatic rings. The lowest BCUT2D eigenvalue weighted by atomic mass is 10.1. The molecule has 0 spiro atoms. The summed E-state index contributed by atoms with van der Waals surface area (Å²) in [5, 5.41) is -0.115. The number of benzene rings is 2. The monoisotopic (exact) mass is 387 g/mol. The van der Waals surface area contributed by atoms with Crippen molar-refractivity contribution in [1.82, 2.24) is 4.90 Å². The number of hydrogen-bond donors (Lipinski definition) is 0. The number of hydrogen-bond acceptors (Lipinski definition) is 6. The van der Waals surface area contributed by atoms with Gasteiger partial charge in [0.25, 0.3) is 0 Å². The van der Waals surface area contributed by atoms with Crippen LogP contribution in [0.15, 0.2) is 42.5 Å². The van der Waals surface area contributed by atoms with Crippen molar-refractivity contribution in [2.45, 2.75) is 11.9 Å². The lowest BCUT2D eigenvalue weighted by Gasteiger charge is -2.25. The SMILES string of the molecule is COC(=O)c1ccc(C2SCC(=O)N2Cc2ccc(OC)cc2OC)cc1. The molecule has 1 aliphatic rings. The van der Waals surface area contributed by atoms with E-state index in [2.05, 4.69) is 0 Å². The third-order valence-corrected chi connectivity index (χ3v) is 5.68. The normalized spacial score (nSPS) is 16.3. The van der Waals surface area contributed by atoms with Crippen molar-refractivity contribution < 1.29 is 23.8 Å². The number of rotatable bonds is 6. The summed E-state index contributed by atoms with van der Waals surface area (Å²) in [6, 6.07) is 12.7. The summed E-state index contributed by atoms with van der Waals surface area (Å²) in [6.07, 6.45) is 0. The minimum Gasteiger partial charge on any atom is -0.497 e. The number of methoxy groups -OCH3 is 3. The molecule has 0 N–H and O–H groups in total. The van der Waals surface area contributed by atoms with E-state index in [1.165, 1.54) is 7.11 Å². The van der Waals surface area contributed by atoms with E-state index in [-0.39, 0.29) is 17.3 Å². The Bertz CT molecular complexity index is 837. The van der Waals surface area contributed by atoms with Crippen molar-refractivity contribution in [2.24, 2.45) is 0 Å². The van der Waals surface area contributed by atoms with Gasteiger partial charge in [-0.3, -0.25) is 4.79 Å². The average molecular weight is 387 g/mol. The van der Waals surface area contributed by atoms with E-state index >= 15 is 0 Å². The third kappa shape index (κ3) is 4.03. The lowest BCUT2D eigenvalue weighted by molar-refractivity contribution is -0.128. The summed E-state index contributed by atoms with van der Waals surface area (Å²) < 4.78 is 15.4. The van der Waals surface area contributed by atoms with Crippen LogP contribution in [0, 0.1) is 0 Å². The van der Waals surface area contributed by atoms with Gasteiger partial charge in [0.1, 0.15) is 16.9 Å². The highest BCUT2D eigenvalue weighted by Crippen LogP contribution is 2.40. The van der Waals surface area contributed by atoms with E-state index in [0.29, 0.717) is 29.4 Å². The molecule has 3 rings (SSSR count). The zero-order chi connectivity index (χ0) is 19.4. The topological polar surface area (TPSA) is 65.1 Å². The second-order valence-electron chi connectivity index (χ2n) is 5.98. The molecule has 0 bridgehead atoms. The number of carbonyl (C=O) groups excluding carboxylic acids is 2. The van der Waals surface area contributed by atoms with Crippen LogP contribution in [0.25, 0.3) is 0 Å². The standard InChI is InChI=1S/C20H21NO5S/c1-24-16-9-8-15(17(10-16)25-2)11-21-18(22)12-27-19(21)13-4-6-14(7-5-13)20(23)26-3/h4-10,19H,11-12H2,1-3H3. The Kier molecular flexibility index (Phi) is 5.91. The second-order valence-corrected chi connectivity index (χ2v) is 7.04. The first-order valence-electron chi connectivity index (χ1n) is 8.37. The molecule has 0 aliphatic carbocycles. The van der Waals surface area contributed by atoms with Gasteiger partial charge in [0.15, 0.2) is 0 Å². The lowest BCUT2D eigenvalue weighted by Crippen LogP contribution is -2.27. The first-order chi connectivity index (χ1) is 13.1. The average Bonchev–Trinajstić information content (AvgIpc) is 3.08. The molecule has 1 atom stereocenters. The largest absolute Gasteiger partial charge is 0.497 e. The smallest absolute Gasteiger partial charge is 0.337 e. The predicted octanol–water partition coefficient (Wildman–Crippen LogP) is 3.26. The van der Waals surface area contributed by atoms with Crippen LogP contribution in [0.5, 0.6) is 11.5 Å². The Balaban J connectivity index is 1.84. The van der Waals surface area contributed by atoms with Crippen molar-refractivity contribution >= 4 is 23.6 Å². The summed E-state index contributed by atoms with van der Waals surface area (Å²) >= 11 is 1.57. The van der Waals surface area contributed by atoms with Crippen LogP contribution in [0.2, 0.25) is 0 Å². The van der Waals surface area contributed by atoms with Crippen LogP contribution in [-0.2, 0) is 16.1 Å². The molecule has 1 saturated heterocycles. The van der Waals surface area contributed by atoms with Gasteiger partial charge in [0.2, 0.25) is 5.91 Å². The van der Waals surface area contributed by atoms with Gasteiger partial charge in [0, 0.05) is 11.6 Å². The second kappa shape index (κ2) is 8.35. The number of carbonyl (C=O) groups is 2. The summed E-state index contributed by atoms with van der Waals surface area (Å²) in [6.45, 7) is 0.433. The maximum atomic E-state index is 12.5. The Morgan fingerprint density at radius 3 is 2.48 bits per heavy atom. The molecule has 0 radical (unpaired) electrons. The van der Waals surface area contributed by atoms with E-state index in [4.69, 9.17) is 14.2 Å². The first kappa shape index (κ1) is 19.1. The molecule has 7 heteroatoms. The summed E-state index contributed by atoms with van der Waals surface area (Å²) in [7, 11) is 4.55. The number of amides is 1. The fourth-order valence-electron chi connectivity index (χ4n) is 2.97. The molecular weight excluding hydrogens is 366 g/mol. The minimum absolute atomic E-state index is 0.0694. The molecule has 1 unspecified atom stereocenters. The fourth-order valence-corrected chi connectivity index (χ4v) is 4.16. The quantitative estimate of drug-likeness (QED) is 0.709. The van der Waals surface area contributed by atoms with Gasteiger partial charge < -0.3 is 19.1 Å². The number of thioether (sulfide) groups is 1. The summed E-state index contributed by atoms with van der Waals surface area (Å²) in [5.74, 6) is 1.49. The van der Waals surface area contributed by atoms with Crippen LogP contribution >= 0.6 is 11.8 Å². The van der Waals surface area contributed by atoms with Gasteiger partial charge in [-0.15, -0.1) is 11.8 Å². The molecule has 1 aliphatic heterocycles. The van der Waals surface area contributed by atoms with Crippen molar-refractivity contribution in [1.29, 1.82) is 0 Å². The zero-order valence-corrected chi connectivity index (χ0v) is 16.2. The van der Waals surface area contributed by atoms with Crippen LogP contribution in [0.3, 0.4) is 0 Å². The van der Waals surface area contributed by atoms with Crippen molar-refractivity contribution in [2.75, 3.05) is 27.1 Å². The summed E-state index contributed by atoms with van der Waals surface area (Å²) in [5.41, 5.74) is 2.36. The molecule has 0 saturated carbocycles. The van der Waals surface area contributed by atoms with Crippen LogP contribution in [0.1, 0.15) is 26.9 Å². The number of ether oxygens (including phenoxy) is 3. The highest BCUT2D eigenvalue weighted by atomic mass is 32.2. The molecule has 1 amide bonds. The van der Waals surface area contributed by atoms with Crippen molar-refractivity contribution in [3.63, 3.8) is 0 Å². The zero-order valence-electron chi connectivity index (χ0n) is 15.4. The Morgan fingerprint density at radius 2 is 1.85 bits per heavy atom. The predicted molar refractivity (Wildman–Crippen MR) is 103 cm³/mol. The van der Waals surface area contributed by atoms with E-state index in [9.17, 15) is 9.59 Å². The number of nitrogens with zero attached hydrogens (tertiary/aromatic N) is 1. The Labute approximate surface area is 162 Å². The summed E-state index contributed by atoms with van der Waals surface area (Å²) in [4.78, 5) is 25.9. The number of esters is 1. The van der Waals surface area contributed by atoms with Gasteiger partial charge in [-0.2, -0.15) is 0 Å². The molecule has 1 fully saturated rings. The van der Waals surface area contributed by atoms with E-state index in [0.717, 1.165) is 11.1 Å². The van der Waals surface area contributed by atoms with Crippen LogP contribution in [-0.4, -0.2) is 43.9 Å². The molecule has 0 aromatic heterocycles. The van der Waals surface area contributed by atoms with Gasteiger partial charge in [-0.25, -0.2) is 4.79 Å². The van der Waals surface area contributed by atoms with Gasteiger partial charge in [0.05, 0.1) is 39.2 Å².